The number of halogens is 2. The standard InChI is InChI=1S/C12H16BrFN2S/c1-8-7-17-5-4-16(8)10-3-2-9(6-15)11(13)12(10)14/h2-3,8H,4-7,15H2,1H3. The highest BCUT2D eigenvalue weighted by Gasteiger charge is 2.23. The van der Waals surface area contributed by atoms with Crippen molar-refractivity contribution in [3.8, 4) is 0 Å². The first-order valence-electron chi connectivity index (χ1n) is 5.66. The molecule has 2 nitrogen and oxygen atoms in total. The molecule has 0 aromatic heterocycles. The smallest absolute Gasteiger partial charge is 0.160 e. The van der Waals surface area contributed by atoms with Gasteiger partial charge in [-0.3, -0.25) is 0 Å². The largest absolute Gasteiger partial charge is 0.365 e. The Hall–Kier alpha value is -0.260. The Kier molecular flexibility index (Phi) is 4.33. The highest BCUT2D eigenvalue weighted by molar-refractivity contribution is 9.10. The fourth-order valence-electron chi connectivity index (χ4n) is 2.04. The zero-order valence-corrected chi connectivity index (χ0v) is 12.2. The van der Waals surface area contributed by atoms with Crippen molar-refractivity contribution >= 4 is 33.4 Å². The third-order valence-electron chi connectivity index (χ3n) is 3.04. The van der Waals surface area contributed by atoms with E-state index in [9.17, 15) is 4.39 Å². The Morgan fingerprint density at radius 1 is 1.59 bits per heavy atom. The second-order valence-electron chi connectivity index (χ2n) is 4.19. The first-order valence-corrected chi connectivity index (χ1v) is 7.61. The molecule has 0 saturated carbocycles. The summed E-state index contributed by atoms with van der Waals surface area (Å²) in [5, 5.41) is 0. The lowest BCUT2D eigenvalue weighted by atomic mass is 10.1. The number of anilines is 1. The van der Waals surface area contributed by atoms with Crippen LogP contribution in [0.15, 0.2) is 16.6 Å². The maximum atomic E-state index is 14.3. The van der Waals surface area contributed by atoms with Crippen LogP contribution in [0.2, 0.25) is 0 Å². The van der Waals surface area contributed by atoms with E-state index in [1.54, 1.807) is 0 Å². The predicted molar refractivity (Wildman–Crippen MR) is 76.1 cm³/mol. The van der Waals surface area contributed by atoms with E-state index in [-0.39, 0.29) is 5.82 Å². The summed E-state index contributed by atoms with van der Waals surface area (Å²) >= 11 is 5.21. The van der Waals surface area contributed by atoms with Crippen LogP contribution in [0.5, 0.6) is 0 Å². The van der Waals surface area contributed by atoms with Crippen molar-refractivity contribution in [2.45, 2.75) is 19.5 Å². The quantitative estimate of drug-likeness (QED) is 0.909. The molecule has 5 heteroatoms. The average Bonchev–Trinajstić information content (AvgIpc) is 2.34. The Balaban J connectivity index is 2.35. The predicted octanol–water partition coefficient (Wildman–Crippen LogP) is 2.99. The van der Waals surface area contributed by atoms with Gasteiger partial charge in [0.25, 0.3) is 0 Å². The molecule has 17 heavy (non-hydrogen) atoms. The number of thioether (sulfide) groups is 1. The van der Waals surface area contributed by atoms with E-state index in [4.69, 9.17) is 5.73 Å². The molecule has 1 saturated heterocycles. The maximum absolute atomic E-state index is 14.3. The van der Waals surface area contributed by atoms with Crippen molar-refractivity contribution in [1.82, 2.24) is 0 Å². The van der Waals surface area contributed by atoms with Crippen molar-refractivity contribution in [2.24, 2.45) is 5.73 Å². The summed E-state index contributed by atoms with van der Waals surface area (Å²) in [5.41, 5.74) is 7.05. The molecular formula is C12H16BrFN2S. The van der Waals surface area contributed by atoms with E-state index in [1.165, 1.54) is 0 Å². The Labute approximate surface area is 114 Å². The highest BCUT2D eigenvalue weighted by Crippen LogP contribution is 2.32. The lowest BCUT2D eigenvalue weighted by Gasteiger charge is -2.35. The minimum absolute atomic E-state index is 0.188. The Bertz CT molecular complexity index is 414. The third-order valence-corrected chi connectivity index (χ3v) is 5.09. The van der Waals surface area contributed by atoms with Crippen molar-refractivity contribution < 1.29 is 4.39 Å². The summed E-state index contributed by atoms with van der Waals surface area (Å²) in [4.78, 5) is 2.14. The number of nitrogens with two attached hydrogens (primary N) is 1. The zero-order chi connectivity index (χ0) is 12.4. The third kappa shape index (κ3) is 2.61. The Morgan fingerprint density at radius 2 is 2.35 bits per heavy atom. The summed E-state index contributed by atoms with van der Waals surface area (Å²) in [6.07, 6.45) is 0. The fraction of sp³-hybridized carbons (Fsp3) is 0.500. The van der Waals surface area contributed by atoms with Gasteiger partial charge in [0, 0.05) is 30.6 Å². The van der Waals surface area contributed by atoms with E-state index in [0.717, 1.165) is 23.6 Å². The van der Waals surface area contributed by atoms with Gasteiger partial charge in [-0.05, 0) is 34.5 Å². The van der Waals surface area contributed by atoms with Crippen molar-refractivity contribution in [1.29, 1.82) is 0 Å². The number of nitrogens with zero attached hydrogens (tertiary/aromatic N) is 1. The van der Waals surface area contributed by atoms with Crippen LogP contribution in [0, 0.1) is 5.82 Å². The van der Waals surface area contributed by atoms with Crippen LogP contribution < -0.4 is 10.6 Å². The van der Waals surface area contributed by atoms with Crippen LogP contribution in [-0.2, 0) is 6.54 Å². The molecule has 1 aliphatic rings. The molecule has 0 radical (unpaired) electrons. The maximum Gasteiger partial charge on any atom is 0.160 e. The minimum atomic E-state index is -0.188. The van der Waals surface area contributed by atoms with Crippen molar-refractivity contribution in [2.75, 3.05) is 23.0 Å². The molecule has 2 N–H and O–H groups in total. The molecule has 1 aromatic carbocycles. The molecule has 0 aliphatic carbocycles. The molecule has 1 aromatic rings. The van der Waals surface area contributed by atoms with E-state index in [0.29, 0.717) is 22.7 Å². The normalized spacial score (nSPS) is 20.7. The van der Waals surface area contributed by atoms with Crippen LogP contribution in [-0.4, -0.2) is 24.1 Å². The van der Waals surface area contributed by atoms with Gasteiger partial charge >= 0.3 is 0 Å². The topological polar surface area (TPSA) is 29.3 Å². The van der Waals surface area contributed by atoms with Gasteiger partial charge in [-0.2, -0.15) is 11.8 Å². The number of hydrogen-bond acceptors (Lipinski definition) is 3. The number of benzene rings is 1. The van der Waals surface area contributed by atoms with E-state index < -0.39 is 0 Å². The lowest BCUT2D eigenvalue weighted by molar-refractivity contribution is 0.596. The van der Waals surface area contributed by atoms with Crippen LogP contribution in [0.1, 0.15) is 12.5 Å². The molecule has 0 spiro atoms. The van der Waals surface area contributed by atoms with Crippen LogP contribution in [0.25, 0.3) is 0 Å². The SMILES string of the molecule is CC1CSCCN1c1ccc(CN)c(Br)c1F. The van der Waals surface area contributed by atoms with Gasteiger partial charge in [-0.15, -0.1) is 0 Å². The van der Waals surface area contributed by atoms with E-state index in [2.05, 4.69) is 27.8 Å². The first-order chi connectivity index (χ1) is 8.15. The summed E-state index contributed by atoms with van der Waals surface area (Å²) in [6.45, 7) is 3.39. The Morgan fingerprint density at radius 3 is 3.00 bits per heavy atom. The zero-order valence-electron chi connectivity index (χ0n) is 9.75. The lowest BCUT2D eigenvalue weighted by Crippen LogP contribution is -2.41. The minimum Gasteiger partial charge on any atom is -0.365 e. The summed E-state index contributed by atoms with van der Waals surface area (Å²) in [5.74, 6) is 1.92. The molecule has 0 amide bonds. The van der Waals surface area contributed by atoms with Gasteiger partial charge < -0.3 is 10.6 Å². The molecule has 1 heterocycles. The van der Waals surface area contributed by atoms with Crippen molar-refractivity contribution in [3.63, 3.8) is 0 Å². The molecule has 1 fully saturated rings. The van der Waals surface area contributed by atoms with Crippen molar-refractivity contribution in [3.05, 3.63) is 28.0 Å². The summed E-state index contributed by atoms with van der Waals surface area (Å²) in [7, 11) is 0. The number of hydrogen-bond donors (Lipinski definition) is 1. The molecule has 1 unspecified atom stereocenters. The molecular weight excluding hydrogens is 303 g/mol. The molecule has 1 aliphatic heterocycles. The van der Waals surface area contributed by atoms with Gasteiger partial charge in [0.1, 0.15) is 0 Å². The van der Waals surface area contributed by atoms with Crippen LogP contribution >= 0.6 is 27.7 Å². The molecule has 2 rings (SSSR count). The fourth-order valence-corrected chi connectivity index (χ4v) is 3.55. The van der Waals surface area contributed by atoms with Gasteiger partial charge in [0.15, 0.2) is 5.82 Å². The molecule has 94 valence electrons. The van der Waals surface area contributed by atoms with Gasteiger partial charge in [-0.25, -0.2) is 4.39 Å². The summed E-state index contributed by atoms with van der Waals surface area (Å²) in [6, 6.07) is 4.12. The summed E-state index contributed by atoms with van der Waals surface area (Å²) < 4.78 is 14.8. The second kappa shape index (κ2) is 5.59. The van der Waals surface area contributed by atoms with Gasteiger partial charge in [-0.1, -0.05) is 6.07 Å². The second-order valence-corrected chi connectivity index (χ2v) is 6.14. The number of rotatable bonds is 2. The van der Waals surface area contributed by atoms with Gasteiger partial charge in [0.2, 0.25) is 0 Å². The highest BCUT2D eigenvalue weighted by atomic mass is 79.9. The van der Waals surface area contributed by atoms with Gasteiger partial charge in [0.05, 0.1) is 10.2 Å². The molecule has 0 bridgehead atoms. The monoisotopic (exact) mass is 318 g/mol. The van der Waals surface area contributed by atoms with Crippen LogP contribution in [0.3, 0.4) is 0 Å². The van der Waals surface area contributed by atoms with E-state index >= 15 is 0 Å². The average molecular weight is 319 g/mol. The van der Waals surface area contributed by atoms with Crippen LogP contribution in [0.4, 0.5) is 10.1 Å². The first kappa shape index (κ1) is 13.2. The molecule has 1 atom stereocenters. The van der Waals surface area contributed by atoms with E-state index in [1.807, 2.05) is 23.9 Å².